The summed E-state index contributed by atoms with van der Waals surface area (Å²) in [5.41, 5.74) is 16.7. The van der Waals surface area contributed by atoms with E-state index in [9.17, 15) is 0 Å². The van der Waals surface area contributed by atoms with E-state index in [-0.39, 0.29) is 0 Å². The van der Waals surface area contributed by atoms with Crippen LogP contribution in [0.3, 0.4) is 0 Å². The van der Waals surface area contributed by atoms with Crippen molar-refractivity contribution in [2.45, 2.75) is 6.42 Å². The third kappa shape index (κ3) is 3.85. The highest BCUT2D eigenvalue weighted by molar-refractivity contribution is 6.11. The standard InChI is InChI=1S/C39H28/c1-2-27-16-12-14-24-32(27)38-34-26-31-23-13-15-25-33(31)39(34)37(30-21-10-5-11-22-30)35(28-17-6-3-7-18-28)36(38)29-19-8-4-9-20-29/h2-25H,1,26H2. The number of benzene rings is 6. The van der Waals surface area contributed by atoms with Crippen molar-refractivity contribution in [3.05, 3.63) is 163 Å². The summed E-state index contributed by atoms with van der Waals surface area (Å²) in [6, 6.07) is 50.4. The van der Waals surface area contributed by atoms with Crippen molar-refractivity contribution >= 4 is 6.08 Å². The fraction of sp³-hybridized carbons (Fsp3) is 0.0256. The second-order valence-electron chi connectivity index (χ2n) is 10.1. The zero-order chi connectivity index (χ0) is 26.2. The minimum atomic E-state index is 0.904. The first-order valence-corrected chi connectivity index (χ1v) is 13.5. The monoisotopic (exact) mass is 496 g/mol. The summed E-state index contributed by atoms with van der Waals surface area (Å²) in [6.45, 7) is 4.20. The largest absolute Gasteiger partial charge is 0.0984 e. The topological polar surface area (TPSA) is 0 Å². The van der Waals surface area contributed by atoms with E-state index in [1.54, 1.807) is 0 Å². The van der Waals surface area contributed by atoms with Crippen LogP contribution in [0.5, 0.6) is 0 Å². The van der Waals surface area contributed by atoms with Crippen molar-refractivity contribution in [3.8, 4) is 55.6 Å². The first-order chi connectivity index (χ1) is 19.3. The van der Waals surface area contributed by atoms with E-state index in [2.05, 4.69) is 146 Å². The molecule has 7 rings (SSSR count). The fourth-order valence-electron chi connectivity index (χ4n) is 6.26. The van der Waals surface area contributed by atoms with Crippen LogP contribution in [-0.4, -0.2) is 0 Å². The molecule has 0 nitrogen and oxygen atoms in total. The molecule has 0 radical (unpaired) electrons. The second kappa shape index (κ2) is 9.74. The van der Waals surface area contributed by atoms with E-state index < -0.39 is 0 Å². The molecule has 0 aromatic heterocycles. The molecule has 0 N–H and O–H groups in total. The molecule has 0 saturated carbocycles. The molecule has 39 heavy (non-hydrogen) atoms. The minimum Gasteiger partial charge on any atom is -0.0984 e. The lowest BCUT2D eigenvalue weighted by atomic mass is 9.76. The molecule has 0 saturated heterocycles. The van der Waals surface area contributed by atoms with Gasteiger partial charge < -0.3 is 0 Å². The predicted molar refractivity (Wildman–Crippen MR) is 167 cm³/mol. The first-order valence-electron chi connectivity index (χ1n) is 13.5. The van der Waals surface area contributed by atoms with Crippen molar-refractivity contribution in [2.24, 2.45) is 0 Å². The molecule has 0 spiro atoms. The van der Waals surface area contributed by atoms with Crippen molar-refractivity contribution in [1.29, 1.82) is 0 Å². The Hall–Kier alpha value is -4.94. The quantitative estimate of drug-likeness (QED) is 0.222. The third-order valence-corrected chi connectivity index (χ3v) is 7.89. The second-order valence-corrected chi connectivity index (χ2v) is 10.1. The molecule has 6 aromatic carbocycles. The predicted octanol–water partition coefficient (Wildman–Crippen LogP) is 10.6. The SMILES string of the molecule is C=Cc1ccccc1-c1c2c(c(-c3ccccc3)c(-c3ccccc3)c1-c1ccccc1)-c1ccccc1C2. The maximum absolute atomic E-state index is 4.20. The molecular weight excluding hydrogens is 468 g/mol. The number of rotatable bonds is 5. The van der Waals surface area contributed by atoms with E-state index in [1.165, 1.54) is 66.8 Å². The molecule has 0 heterocycles. The Kier molecular flexibility index (Phi) is 5.79. The Morgan fingerprint density at radius 3 is 1.36 bits per heavy atom. The van der Waals surface area contributed by atoms with Gasteiger partial charge in [0.1, 0.15) is 0 Å². The van der Waals surface area contributed by atoms with Crippen LogP contribution < -0.4 is 0 Å². The molecule has 0 unspecified atom stereocenters. The maximum atomic E-state index is 4.20. The Morgan fingerprint density at radius 2 is 0.821 bits per heavy atom. The molecule has 0 heteroatoms. The zero-order valence-electron chi connectivity index (χ0n) is 21.8. The molecule has 0 bridgehead atoms. The fourth-order valence-corrected chi connectivity index (χ4v) is 6.26. The van der Waals surface area contributed by atoms with Crippen LogP contribution >= 0.6 is 0 Å². The molecule has 1 aliphatic carbocycles. The molecule has 0 atom stereocenters. The summed E-state index contributed by atoms with van der Waals surface area (Å²) in [5.74, 6) is 0. The molecule has 0 aliphatic heterocycles. The number of fused-ring (bicyclic) bond motifs is 3. The molecule has 1 aliphatic rings. The molecule has 0 amide bonds. The highest BCUT2D eigenvalue weighted by atomic mass is 14.3. The highest BCUT2D eigenvalue weighted by Gasteiger charge is 2.32. The van der Waals surface area contributed by atoms with Crippen LogP contribution in [0.15, 0.2) is 146 Å². The van der Waals surface area contributed by atoms with E-state index in [1.807, 2.05) is 6.08 Å². The zero-order valence-corrected chi connectivity index (χ0v) is 21.8. The van der Waals surface area contributed by atoms with Gasteiger partial charge in [-0.1, -0.05) is 152 Å². The van der Waals surface area contributed by atoms with E-state index in [0.29, 0.717) is 0 Å². The average Bonchev–Trinajstić information content (AvgIpc) is 3.40. The van der Waals surface area contributed by atoms with Gasteiger partial charge in [-0.2, -0.15) is 0 Å². The highest BCUT2D eigenvalue weighted by Crippen LogP contribution is 2.56. The Morgan fingerprint density at radius 1 is 0.410 bits per heavy atom. The van der Waals surface area contributed by atoms with Gasteiger partial charge >= 0.3 is 0 Å². The average molecular weight is 497 g/mol. The van der Waals surface area contributed by atoms with Crippen molar-refractivity contribution in [3.63, 3.8) is 0 Å². The van der Waals surface area contributed by atoms with Gasteiger partial charge in [0.15, 0.2) is 0 Å². The molecular formula is C39H28. The summed E-state index contributed by atoms with van der Waals surface area (Å²) in [5, 5.41) is 0. The van der Waals surface area contributed by atoms with Gasteiger partial charge in [0, 0.05) is 0 Å². The van der Waals surface area contributed by atoms with Crippen LogP contribution in [0.2, 0.25) is 0 Å². The van der Waals surface area contributed by atoms with Gasteiger partial charge in [-0.3, -0.25) is 0 Å². The van der Waals surface area contributed by atoms with Crippen molar-refractivity contribution in [1.82, 2.24) is 0 Å². The van der Waals surface area contributed by atoms with Gasteiger partial charge in [0.05, 0.1) is 0 Å². The van der Waals surface area contributed by atoms with Crippen LogP contribution in [0, 0.1) is 0 Å². The minimum absolute atomic E-state index is 0.904. The Labute approximate surface area is 230 Å². The van der Waals surface area contributed by atoms with Crippen LogP contribution in [0.1, 0.15) is 16.7 Å². The van der Waals surface area contributed by atoms with E-state index in [4.69, 9.17) is 0 Å². The van der Waals surface area contributed by atoms with Gasteiger partial charge in [0.25, 0.3) is 0 Å². The lowest BCUT2D eigenvalue weighted by Gasteiger charge is -2.26. The lowest BCUT2D eigenvalue weighted by molar-refractivity contribution is 1.26. The van der Waals surface area contributed by atoms with Gasteiger partial charge in [-0.15, -0.1) is 0 Å². The van der Waals surface area contributed by atoms with E-state index in [0.717, 1.165) is 12.0 Å². The van der Waals surface area contributed by atoms with Crippen LogP contribution in [-0.2, 0) is 6.42 Å². The summed E-state index contributed by atoms with van der Waals surface area (Å²) in [6.07, 6.45) is 2.90. The number of hydrogen-bond donors (Lipinski definition) is 0. The molecule has 184 valence electrons. The summed E-state index contributed by atoms with van der Waals surface area (Å²) in [7, 11) is 0. The maximum Gasteiger partial charge on any atom is -0.000682 e. The molecule has 6 aromatic rings. The van der Waals surface area contributed by atoms with E-state index >= 15 is 0 Å². The smallest absolute Gasteiger partial charge is 0.000682 e. The van der Waals surface area contributed by atoms with Gasteiger partial charge in [0.2, 0.25) is 0 Å². The van der Waals surface area contributed by atoms with Crippen molar-refractivity contribution in [2.75, 3.05) is 0 Å². The van der Waals surface area contributed by atoms with Crippen molar-refractivity contribution < 1.29 is 0 Å². The summed E-state index contributed by atoms with van der Waals surface area (Å²) < 4.78 is 0. The van der Waals surface area contributed by atoms with Gasteiger partial charge in [-0.25, -0.2) is 0 Å². The Bertz CT molecular complexity index is 1810. The summed E-state index contributed by atoms with van der Waals surface area (Å²) >= 11 is 0. The Balaban J connectivity index is 1.76. The first kappa shape index (κ1) is 23.2. The third-order valence-electron chi connectivity index (χ3n) is 7.89. The van der Waals surface area contributed by atoms with Gasteiger partial charge in [-0.05, 0) is 78.7 Å². The summed E-state index contributed by atoms with van der Waals surface area (Å²) in [4.78, 5) is 0. The van der Waals surface area contributed by atoms with Crippen LogP contribution in [0.4, 0.5) is 0 Å². The molecule has 0 fully saturated rings. The lowest BCUT2D eigenvalue weighted by Crippen LogP contribution is -2.01. The normalized spacial score (nSPS) is 11.6. The number of hydrogen-bond acceptors (Lipinski definition) is 0. The van der Waals surface area contributed by atoms with Crippen LogP contribution in [0.25, 0.3) is 61.7 Å².